The minimum Gasteiger partial charge on any atom is -0.845 e. The quantitative estimate of drug-likeness (QED) is 0.251. The van der Waals surface area contributed by atoms with Gasteiger partial charge in [-0.25, -0.2) is 13.8 Å². The van der Waals surface area contributed by atoms with Crippen LogP contribution in [0.3, 0.4) is 0 Å². The predicted octanol–water partition coefficient (Wildman–Crippen LogP) is 1.65. The minimum absolute atomic E-state index is 0.0384. The number of anilines is 2. The van der Waals surface area contributed by atoms with Crippen molar-refractivity contribution < 1.29 is 29.5 Å². The van der Waals surface area contributed by atoms with Gasteiger partial charge in [0.1, 0.15) is 10.0 Å². The molecule has 2 heterocycles. The summed E-state index contributed by atoms with van der Waals surface area (Å²) < 4.78 is 42.8. The molecule has 0 aliphatic heterocycles. The lowest BCUT2D eigenvalue weighted by atomic mass is 10.2. The monoisotopic (exact) mass is 535 g/mol. The maximum Gasteiger partial charge on any atom is 0.333 e. The lowest BCUT2D eigenvalue weighted by molar-refractivity contribution is -0.281. The molecule has 4 aromatic rings. The summed E-state index contributed by atoms with van der Waals surface area (Å²) in [5.74, 6) is -0.712. The molecule has 0 unspecified atom stereocenters. The van der Waals surface area contributed by atoms with Gasteiger partial charge in [-0.1, -0.05) is 17.9 Å². The van der Waals surface area contributed by atoms with Gasteiger partial charge in [-0.2, -0.15) is 12.8 Å². The normalized spacial score (nSPS) is 12.0. The number of nitrogens with zero attached hydrogens (tertiary/aromatic N) is 2. The molecule has 0 saturated heterocycles. The van der Waals surface area contributed by atoms with Crippen LogP contribution in [-0.4, -0.2) is 24.0 Å². The zero-order chi connectivity index (χ0) is 25.3. The van der Waals surface area contributed by atoms with Gasteiger partial charge in [-0.3, -0.25) is 4.79 Å². The topological polar surface area (TPSA) is 148 Å². The summed E-state index contributed by atoms with van der Waals surface area (Å²) in [5.41, 5.74) is -1.08. The summed E-state index contributed by atoms with van der Waals surface area (Å²) in [4.78, 5) is 28.0. The lowest BCUT2D eigenvalue weighted by Crippen LogP contribution is -2.33. The Morgan fingerprint density at radius 2 is 1.91 bits per heavy atom. The number of aromatic amines is 1. The van der Waals surface area contributed by atoms with Gasteiger partial charge in [-0.05, 0) is 48.7 Å². The zero-order valence-electron chi connectivity index (χ0n) is 17.4. The number of hydrogen-bond acceptors (Lipinski definition) is 7. The molecule has 4 rings (SSSR count). The molecule has 35 heavy (non-hydrogen) atoms. The van der Waals surface area contributed by atoms with Gasteiger partial charge in [0.15, 0.2) is 11.6 Å². The first-order valence-corrected chi connectivity index (χ1v) is 12.3. The van der Waals surface area contributed by atoms with Crippen molar-refractivity contribution in [2.75, 3.05) is 10.6 Å². The maximum absolute atomic E-state index is 14.3. The molecular formula is C21H15ClFN5O5S2. The van der Waals surface area contributed by atoms with E-state index in [1.807, 2.05) is 0 Å². The Morgan fingerprint density at radius 3 is 2.54 bits per heavy atom. The Morgan fingerprint density at radius 1 is 1.20 bits per heavy atom. The predicted molar refractivity (Wildman–Crippen MR) is 127 cm³/mol. The Hall–Kier alpha value is -3.94. The number of aromatic nitrogens is 2. The molecular weight excluding hydrogens is 521 g/mol. The number of halogens is 2. The molecule has 0 aliphatic carbocycles. The third kappa shape index (κ3) is 4.96. The third-order valence-corrected chi connectivity index (χ3v) is 7.63. The zero-order valence-corrected chi connectivity index (χ0v) is 19.9. The minimum atomic E-state index is -4.22. The van der Waals surface area contributed by atoms with E-state index in [-0.39, 0.29) is 32.2 Å². The molecule has 0 fully saturated rings. The van der Waals surface area contributed by atoms with Crippen molar-refractivity contribution in [1.82, 2.24) is 9.55 Å². The van der Waals surface area contributed by atoms with Crippen LogP contribution in [0.1, 0.15) is 0 Å². The summed E-state index contributed by atoms with van der Waals surface area (Å²) in [6, 6.07) is 9.19. The summed E-state index contributed by atoms with van der Waals surface area (Å²) in [6.07, 6.45) is 1.26. The molecule has 0 amide bonds. The number of H-pyrrole nitrogens is 1. The van der Waals surface area contributed by atoms with Crippen molar-refractivity contribution in [1.29, 1.82) is 0 Å². The average molecular weight is 536 g/mol. The fraction of sp³-hybridized carbons (Fsp3) is 0. The van der Waals surface area contributed by atoms with Gasteiger partial charge in [0.25, 0.3) is 19.9 Å². The molecule has 2 aromatic carbocycles. The fourth-order valence-electron chi connectivity index (χ4n) is 3.13. The molecule has 180 valence electrons. The van der Waals surface area contributed by atoms with E-state index in [1.165, 1.54) is 48.7 Å². The smallest absolute Gasteiger partial charge is 0.333 e. The number of sulfonamides is 1. The summed E-state index contributed by atoms with van der Waals surface area (Å²) >= 11 is 5.68. The van der Waals surface area contributed by atoms with E-state index in [9.17, 15) is 27.5 Å². The van der Waals surface area contributed by atoms with Crippen molar-refractivity contribution in [3.63, 3.8) is 0 Å². The molecule has 10 nitrogen and oxygen atoms in total. The first-order valence-electron chi connectivity index (χ1n) is 9.61. The lowest BCUT2D eigenvalue weighted by Gasteiger charge is -2.14. The van der Waals surface area contributed by atoms with Gasteiger partial charge in [0.2, 0.25) is 0 Å². The highest BCUT2D eigenvalue weighted by Gasteiger charge is 2.17. The van der Waals surface area contributed by atoms with Crippen molar-refractivity contribution in [3.8, 4) is 5.69 Å². The van der Waals surface area contributed by atoms with Crippen LogP contribution in [0.2, 0.25) is 4.34 Å². The van der Waals surface area contributed by atoms with Gasteiger partial charge in [0, 0.05) is 11.8 Å². The van der Waals surface area contributed by atoms with E-state index >= 15 is 0 Å². The molecule has 2 aromatic heterocycles. The van der Waals surface area contributed by atoms with Crippen LogP contribution in [0.25, 0.3) is 16.6 Å². The Kier molecular flexibility index (Phi) is 6.47. The second-order valence-electron chi connectivity index (χ2n) is 6.91. The largest absolute Gasteiger partial charge is 0.845 e. The van der Waals surface area contributed by atoms with Crippen LogP contribution in [0.5, 0.6) is 0 Å². The fourth-order valence-corrected chi connectivity index (χ4v) is 5.49. The molecule has 0 saturated carbocycles. The molecule has 14 heteroatoms. The highest BCUT2D eigenvalue weighted by atomic mass is 35.5. The second kappa shape index (κ2) is 9.37. The van der Waals surface area contributed by atoms with E-state index in [4.69, 9.17) is 11.6 Å². The number of thiophene rings is 1. The van der Waals surface area contributed by atoms with Crippen molar-refractivity contribution in [2.45, 2.75) is 4.21 Å². The Labute approximate surface area is 205 Å². The number of fused-ring (bicyclic) bond motifs is 1. The SMILES string of the molecule is C=CNc1cc2[nH]c(=O)n(-c3ccc(NC([O-])=NS(=O)(=O)c4ccc([ClH+])s4)cc3)c(=O)c2cc1F. The van der Waals surface area contributed by atoms with Gasteiger partial charge in [-0.15, -0.1) is 0 Å². The standard InChI is InChI=1S/C21H15ClFN5O5S2/c1-2-24-16-10-15-13(9-14(16)23)19(29)28(21(31)26-15)12-5-3-11(4-6-12)25-20(30)27-35(32,33)18-8-7-17(22)34-18/h2-10,22H,1H2,(H3-,24,25,26,27,29,30,31). The molecule has 0 bridgehead atoms. The van der Waals surface area contributed by atoms with Crippen molar-refractivity contribution >= 4 is 49.7 Å². The van der Waals surface area contributed by atoms with E-state index in [0.717, 1.165) is 22.0 Å². The van der Waals surface area contributed by atoms with Gasteiger partial charge in [0.05, 0.1) is 28.3 Å². The number of amidine groups is 1. The summed E-state index contributed by atoms with van der Waals surface area (Å²) in [6.45, 7) is 3.44. The van der Waals surface area contributed by atoms with Crippen molar-refractivity contribution in [2.24, 2.45) is 4.40 Å². The first-order chi connectivity index (χ1) is 16.6. The van der Waals surface area contributed by atoms with Gasteiger partial charge >= 0.3 is 5.69 Å². The van der Waals surface area contributed by atoms with E-state index < -0.39 is 33.1 Å². The van der Waals surface area contributed by atoms with Crippen molar-refractivity contribution in [3.05, 3.63) is 92.3 Å². The summed E-state index contributed by atoms with van der Waals surface area (Å²) in [7, 11) is -4.22. The first kappa shape index (κ1) is 24.2. The molecule has 0 atom stereocenters. The Balaban J connectivity index is 1.64. The number of benzene rings is 2. The van der Waals surface area contributed by atoms with E-state index in [0.29, 0.717) is 4.34 Å². The second-order valence-corrected chi connectivity index (χ2v) is 10.5. The number of rotatable bonds is 6. The van der Waals surface area contributed by atoms with Crippen LogP contribution >= 0.6 is 11.3 Å². The number of hydrogen-bond donors (Lipinski definition) is 3. The molecule has 0 radical (unpaired) electrons. The van der Waals surface area contributed by atoms with Crippen LogP contribution in [0, 0.1) is 17.4 Å². The third-order valence-electron chi connectivity index (χ3n) is 4.63. The maximum atomic E-state index is 14.3. The highest BCUT2D eigenvalue weighted by Crippen LogP contribution is 2.24. The summed E-state index contributed by atoms with van der Waals surface area (Å²) in [5, 5.41) is 16.9. The van der Waals surface area contributed by atoms with E-state index in [2.05, 4.69) is 26.6 Å². The Bertz CT molecular complexity index is 1710. The van der Waals surface area contributed by atoms with Crippen LogP contribution < -0.4 is 27.0 Å². The molecule has 3 N–H and O–H groups in total. The van der Waals surface area contributed by atoms with Crippen LogP contribution in [0.15, 0.2) is 79.5 Å². The highest BCUT2D eigenvalue weighted by molar-refractivity contribution is 7.92. The van der Waals surface area contributed by atoms with E-state index in [1.54, 1.807) is 0 Å². The average Bonchev–Trinajstić information content (AvgIpc) is 3.23. The van der Waals surface area contributed by atoms with Crippen LogP contribution in [0.4, 0.5) is 15.8 Å². The van der Waals surface area contributed by atoms with Crippen LogP contribution in [-0.2, 0) is 10.0 Å². The number of nitrogens with one attached hydrogen (secondary N) is 3. The van der Waals surface area contributed by atoms with Gasteiger partial charge < -0.3 is 20.7 Å². The molecule has 0 spiro atoms. The molecule has 0 aliphatic rings.